The minimum atomic E-state index is -1.10. The molecule has 1 atom stereocenters. The van der Waals surface area contributed by atoms with Crippen molar-refractivity contribution in [3.8, 4) is 0 Å². The smallest absolute Gasteiger partial charge is 0.323 e. The average Bonchev–Trinajstić information content (AvgIpc) is 2.35. The summed E-state index contributed by atoms with van der Waals surface area (Å²) < 4.78 is 0. The molecule has 0 saturated carbocycles. The molecule has 6 heteroatoms. The first kappa shape index (κ1) is 15.5. The Morgan fingerprint density at radius 3 is 2.26 bits per heavy atom. The van der Waals surface area contributed by atoms with Crippen LogP contribution in [0.25, 0.3) is 0 Å². The van der Waals surface area contributed by atoms with Crippen LogP contribution in [0.1, 0.15) is 13.8 Å². The summed E-state index contributed by atoms with van der Waals surface area (Å²) in [5.41, 5.74) is 6.26. The van der Waals surface area contributed by atoms with E-state index in [2.05, 4.69) is 0 Å². The Morgan fingerprint density at radius 1 is 1.32 bits per heavy atom. The third-order valence-electron chi connectivity index (χ3n) is 2.70. The molecule has 0 fully saturated rings. The molecule has 0 aliphatic heterocycles. The van der Waals surface area contributed by atoms with Crippen LogP contribution in [0.5, 0.6) is 0 Å². The van der Waals surface area contributed by atoms with Crippen LogP contribution in [0.15, 0.2) is 24.3 Å². The van der Waals surface area contributed by atoms with Crippen molar-refractivity contribution in [2.45, 2.75) is 19.9 Å². The van der Waals surface area contributed by atoms with Crippen LogP contribution in [0, 0.1) is 5.92 Å². The number of carboxylic acid groups (broad SMARTS) is 1. The first-order valence-corrected chi connectivity index (χ1v) is 6.25. The predicted octanol–water partition coefficient (Wildman–Crippen LogP) is 1.74. The van der Waals surface area contributed by atoms with Crippen molar-refractivity contribution >= 4 is 29.2 Å². The number of nitrogens with two attached hydrogens (primary N) is 1. The largest absolute Gasteiger partial charge is 0.480 e. The summed E-state index contributed by atoms with van der Waals surface area (Å²) in [7, 11) is 0. The maximum atomic E-state index is 12.2. The van der Waals surface area contributed by atoms with Crippen LogP contribution in [-0.4, -0.2) is 29.6 Å². The van der Waals surface area contributed by atoms with Crippen LogP contribution >= 0.6 is 11.6 Å². The highest BCUT2D eigenvalue weighted by Crippen LogP contribution is 2.19. The van der Waals surface area contributed by atoms with Crippen molar-refractivity contribution < 1.29 is 14.7 Å². The summed E-state index contributed by atoms with van der Waals surface area (Å²) in [5, 5.41) is 9.42. The lowest BCUT2D eigenvalue weighted by atomic mass is 10.0. The van der Waals surface area contributed by atoms with Crippen LogP contribution in [-0.2, 0) is 9.59 Å². The zero-order valence-corrected chi connectivity index (χ0v) is 11.6. The molecule has 0 heterocycles. The molecule has 0 radical (unpaired) electrons. The maximum absolute atomic E-state index is 12.2. The molecule has 104 valence electrons. The molecule has 1 unspecified atom stereocenters. The molecule has 5 nitrogen and oxygen atoms in total. The molecular formula is C13H17ClN2O3. The molecule has 0 spiro atoms. The Hall–Kier alpha value is -1.59. The SMILES string of the molecule is CC(C)C(N)C(=O)N(CC(=O)O)c1ccc(Cl)cc1. The van der Waals surface area contributed by atoms with E-state index < -0.39 is 24.5 Å². The van der Waals surface area contributed by atoms with Crippen LogP contribution in [0.2, 0.25) is 5.02 Å². The molecule has 0 saturated heterocycles. The first-order valence-electron chi connectivity index (χ1n) is 5.87. The van der Waals surface area contributed by atoms with Crippen molar-refractivity contribution in [1.29, 1.82) is 0 Å². The van der Waals surface area contributed by atoms with Crippen molar-refractivity contribution in [3.63, 3.8) is 0 Å². The normalized spacial score (nSPS) is 12.3. The van der Waals surface area contributed by atoms with Crippen LogP contribution in [0.4, 0.5) is 5.69 Å². The van der Waals surface area contributed by atoms with Crippen molar-refractivity contribution in [1.82, 2.24) is 0 Å². The van der Waals surface area contributed by atoms with Gasteiger partial charge in [-0.1, -0.05) is 25.4 Å². The minimum absolute atomic E-state index is 0.0731. The van der Waals surface area contributed by atoms with Gasteiger partial charge in [0.25, 0.3) is 0 Å². The van der Waals surface area contributed by atoms with E-state index in [1.54, 1.807) is 24.3 Å². The number of nitrogens with zero attached hydrogens (tertiary/aromatic N) is 1. The quantitative estimate of drug-likeness (QED) is 0.863. The molecule has 0 aliphatic carbocycles. The van der Waals surface area contributed by atoms with E-state index in [4.69, 9.17) is 22.4 Å². The second-order valence-electron chi connectivity index (χ2n) is 4.56. The number of carbonyl (C=O) groups excluding carboxylic acids is 1. The van der Waals surface area contributed by atoms with Gasteiger partial charge >= 0.3 is 5.97 Å². The van der Waals surface area contributed by atoms with Gasteiger partial charge in [0, 0.05) is 10.7 Å². The highest BCUT2D eigenvalue weighted by molar-refractivity contribution is 6.30. The Bertz CT molecular complexity index is 459. The Morgan fingerprint density at radius 2 is 1.84 bits per heavy atom. The summed E-state index contributed by atoms with van der Waals surface area (Å²) in [6, 6.07) is 5.64. The molecule has 19 heavy (non-hydrogen) atoms. The fraction of sp³-hybridized carbons (Fsp3) is 0.385. The van der Waals surface area contributed by atoms with Crippen molar-refractivity contribution in [3.05, 3.63) is 29.3 Å². The molecule has 1 aromatic carbocycles. The van der Waals surface area contributed by atoms with Gasteiger partial charge in [0.05, 0.1) is 6.04 Å². The van der Waals surface area contributed by atoms with E-state index in [0.29, 0.717) is 10.7 Å². The third-order valence-corrected chi connectivity index (χ3v) is 2.95. The molecule has 3 N–H and O–H groups in total. The number of carbonyl (C=O) groups is 2. The topological polar surface area (TPSA) is 83.6 Å². The second-order valence-corrected chi connectivity index (χ2v) is 5.00. The summed E-state index contributed by atoms with van der Waals surface area (Å²) in [6.45, 7) is 3.19. The predicted molar refractivity (Wildman–Crippen MR) is 74.3 cm³/mol. The van der Waals surface area contributed by atoms with Gasteiger partial charge in [0.2, 0.25) is 5.91 Å². The molecule has 0 bridgehead atoms. The fourth-order valence-corrected chi connectivity index (χ4v) is 1.64. The molecule has 0 aliphatic rings. The lowest BCUT2D eigenvalue weighted by Crippen LogP contribution is -2.48. The monoisotopic (exact) mass is 284 g/mol. The highest BCUT2D eigenvalue weighted by Gasteiger charge is 2.26. The van der Waals surface area contributed by atoms with Gasteiger partial charge in [0.15, 0.2) is 0 Å². The van der Waals surface area contributed by atoms with E-state index >= 15 is 0 Å². The van der Waals surface area contributed by atoms with Crippen molar-refractivity contribution in [2.75, 3.05) is 11.4 Å². The lowest BCUT2D eigenvalue weighted by Gasteiger charge is -2.26. The Labute approximate surface area is 117 Å². The van der Waals surface area contributed by atoms with Gasteiger partial charge in [-0.05, 0) is 30.2 Å². The minimum Gasteiger partial charge on any atom is -0.480 e. The number of aliphatic carboxylic acids is 1. The number of carboxylic acids is 1. The van der Waals surface area contributed by atoms with Crippen LogP contribution in [0.3, 0.4) is 0 Å². The molecule has 1 amide bonds. The molecular weight excluding hydrogens is 268 g/mol. The number of benzene rings is 1. The van der Waals surface area contributed by atoms with Gasteiger partial charge < -0.3 is 10.8 Å². The standard InChI is InChI=1S/C13H17ClN2O3/c1-8(2)12(15)13(19)16(7-11(17)18)10-5-3-9(14)4-6-10/h3-6,8,12H,7,15H2,1-2H3,(H,17,18). The zero-order chi connectivity index (χ0) is 14.6. The number of anilines is 1. The van der Waals surface area contributed by atoms with E-state index in [-0.39, 0.29) is 5.92 Å². The Kier molecular flexibility index (Phi) is 5.32. The highest BCUT2D eigenvalue weighted by atomic mass is 35.5. The summed E-state index contributed by atoms with van der Waals surface area (Å²) in [6.07, 6.45) is 0. The molecule has 1 rings (SSSR count). The maximum Gasteiger partial charge on any atom is 0.323 e. The molecule has 0 aromatic heterocycles. The van der Waals surface area contributed by atoms with Gasteiger partial charge in [-0.2, -0.15) is 0 Å². The van der Waals surface area contributed by atoms with Crippen molar-refractivity contribution in [2.24, 2.45) is 11.7 Å². The Balaban J connectivity index is 3.04. The lowest BCUT2D eigenvalue weighted by molar-refractivity contribution is -0.136. The zero-order valence-electron chi connectivity index (χ0n) is 10.8. The number of hydrogen-bond acceptors (Lipinski definition) is 3. The number of rotatable bonds is 5. The van der Waals surface area contributed by atoms with Gasteiger partial charge in [-0.3, -0.25) is 14.5 Å². The van der Waals surface area contributed by atoms with Gasteiger partial charge in [-0.15, -0.1) is 0 Å². The summed E-state index contributed by atoms with van der Waals surface area (Å²) in [5.74, 6) is -1.59. The average molecular weight is 285 g/mol. The first-order chi connectivity index (χ1) is 8.82. The van der Waals surface area contributed by atoms with E-state index in [1.165, 1.54) is 0 Å². The number of hydrogen-bond donors (Lipinski definition) is 2. The number of halogens is 1. The van der Waals surface area contributed by atoms with E-state index in [0.717, 1.165) is 4.90 Å². The summed E-state index contributed by atoms with van der Waals surface area (Å²) in [4.78, 5) is 24.3. The molecule has 1 aromatic rings. The fourth-order valence-electron chi connectivity index (χ4n) is 1.52. The van der Waals surface area contributed by atoms with Crippen LogP contribution < -0.4 is 10.6 Å². The third kappa shape index (κ3) is 4.22. The van der Waals surface area contributed by atoms with Gasteiger partial charge in [0.1, 0.15) is 6.54 Å². The number of amides is 1. The van der Waals surface area contributed by atoms with Gasteiger partial charge in [-0.25, -0.2) is 0 Å². The van der Waals surface area contributed by atoms with E-state index in [9.17, 15) is 9.59 Å². The van der Waals surface area contributed by atoms with E-state index in [1.807, 2.05) is 13.8 Å². The second kappa shape index (κ2) is 6.54. The summed E-state index contributed by atoms with van der Waals surface area (Å²) >= 11 is 5.77.